The fourth-order valence-electron chi connectivity index (χ4n) is 1.38. The first-order valence-electron chi connectivity index (χ1n) is 5.48. The van der Waals surface area contributed by atoms with Crippen molar-refractivity contribution in [1.82, 2.24) is 5.32 Å². The van der Waals surface area contributed by atoms with Crippen molar-refractivity contribution in [3.63, 3.8) is 0 Å². The van der Waals surface area contributed by atoms with E-state index in [0.29, 0.717) is 17.8 Å². The monoisotopic (exact) mass is 250 g/mol. The molecule has 0 saturated heterocycles. The lowest BCUT2D eigenvalue weighted by atomic mass is 10.1. The molecule has 92 valence electrons. The van der Waals surface area contributed by atoms with E-state index in [1.807, 2.05) is 25.1 Å². The molecule has 0 aliphatic heterocycles. The van der Waals surface area contributed by atoms with Crippen LogP contribution < -0.4 is 11.1 Å². The summed E-state index contributed by atoms with van der Waals surface area (Å²) < 4.78 is 0. The summed E-state index contributed by atoms with van der Waals surface area (Å²) in [5.74, 6) is 1.68. The first kappa shape index (κ1) is 13.6. The van der Waals surface area contributed by atoms with E-state index in [-0.39, 0.29) is 5.91 Å². The van der Waals surface area contributed by atoms with Crippen molar-refractivity contribution in [2.45, 2.75) is 6.92 Å². The third kappa shape index (κ3) is 4.15. The zero-order chi connectivity index (χ0) is 12.7. The van der Waals surface area contributed by atoms with Crippen LogP contribution in [0.2, 0.25) is 0 Å². The van der Waals surface area contributed by atoms with Gasteiger partial charge in [-0.15, -0.1) is 6.58 Å². The van der Waals surface area contributed by atoms with Crippen molar-refractivity contribution >= 4 is 23.4 Å². The molecular formula is C13H18N2OS. The zero-order valence-corrected chi connectivity index (χ0v) is 10.8. The molecule has 1 amide bonds. The largest absolute Gasteiger partial charge is 0.398 e. The van der Waals surface area contributed by atoms with Gasteiger partial charge in [-0.05, 0) is 18.6 Å². The van der Waals surface area contributed by atoms with E-state index < -0.39 is 0 Å². The van der Waals surface area contributed by atoms with E-state index in [2.05, 4.69) is 11.9 Å². The SMILES string of the molecule is C=CCSCCNC(=O)c1cccc(C)c1N. The fourth-order valence-corrected chi connectivity index (χ4v) is 1.96. The van der Waals surface area contributed by atoms with Gasteiger partial charge < -0.3 is 11.1 Å². The van der Waals surface area contributed by atoms with Gasteiger partial charge in [-0.1, -0.05) is 18.2 Å². The molecule has 0 aliphatic rings. The number of para-hydroxylation sites is 1. The van der Waals surface area contributed by atoms with Crippen LogP contribution in [0.15, 0.2) is 30.9 Å². The molecule has 0 heterocycles. The highest BCUT2D eigenvalue weighted by Gasteiger charge is 2.09. The second-order valence-corrected chi connectivity index (χ2v) is 4.81. The zero-order valence-electron chi connectivity index (χ0n) is 10.0. The third-order valence-corrected chi connectivity index (χ3v) is 3.30. The Hall–Kier alpha value is -1.42. The predicted molar refractivity (Wildman–Crippen MR) is 75.4 cm³/mol. The molecule has 0 radical (unpaired) electrons. The summed E-state index contributed by atoms with van der Waals surface area (Å²) in [6.07, 6.45) is 1.85. The number of hydrogen-bond donors (Lipinski definition) is 2. The number of amides is 1. The standard InChI is InChI=1S/C13H18N2OS/c1-3-8-17-9-7-15-13(16)11-6-4-5-10(2)12(11)14/h3-6H,1,7-9,14H2,2H3,(H,15,16). The lowest BCUT2D eigenvalue weighted by Crippen LogP contribution is -2.26. The average Bonchev–Trinajstić information content (AvgIpc) is 2.32. The molecule has 0 bridgehead atoms. The van der Waals surface area contributed by atoms with Gasteiger partial charge in [-0.25, -0.2) is 0 Å². The molecule has 17 heavy (non-hydrogen) atoms. The second kappa shape index (κ2) is 7.01. The summed E-state index contributed by atoms with van der Waals surface area (Å²) >= 11 is 1.73. The quantitative estimate of drug-likeness (QED) is 0.462. The first-order valence-corrected chi connectivity index (χ1v) is 6.64. The number of anilines is 1. The average molecular weight is 250 g/mol. The topological polar surface area (TPSA) is 55.1 Å². The van der Waals surface area contributed by atoms with Gasteiger partial charge in [0, 0.05) is 23.7 Å². The number of carbonyl (C=O) groups is 1. The van der Waals surface area contributed by atoms with Crippen LogP contribution in [0.4, 0.5) is 5.69 Å². The number of nitrogen functional groups attached to an aromatic ring is 1. The van der Waals surface area contributed by atoms with E-state index in [4.69, 9.17) is 5.73 Å². The second-order valence-electron chi connectivity index (χ2n) is 3.66. The van der Waals surface area contributed by atoms with Crippen LogP contribution in [0.1, 0.15) is 15.9 Å². The molecule has 0 fully saturated rings. The van der Waals surface area contributed by atoms with Gasteiger partial charge in [0.1, 0.15) is 0 Å². The van der Waals surface area contributed by atoms with Crippen LogP contribution in [-0.2, 0) is 0 Å². The minimum atomic E-state index is -0.106. The minimum Gasteiger partial charge on any atom is -0.398 e. The Labute approximate surface area is 106 Å². The fraction of sp³-hybridized carbons (Fsp3) is 0.308. The summed E-state index contributed by atoms with van der Waals surface area (Å²) in [7, 11) is 0. The number of nitrogens with one attached hydrogen (secondary N) is 1. The Balaban J connectivity index is 2.47. The lowest BCUT2D eigenvalue weighted by molar-refractivity contribution is 0.0957. The number of aryl methyl sites for hydroxylation is 1. The molecular weight excluding hydrogens is 232 g/mol. The number of hydrogen-bond acceptors (Lipinski definition) is 3. The Morgan fingerprint density at radius 3 is 3.06 bits per heavy atom. The maximum atomic E-state index is 11.8. The highest BCUT2D eigenvalue weighted by molar-refractivity contribution is 7.99. The van der Waals surface area contributed by atoms with Gasteiger partial charge >= 0.3 is 0 Å². The van der Waals surface area contributed by atoms with Crippen LogP contribution >= 0.6 is 11.8 Å². The van der Waals surface area contributed by atoms with Crippen molar-refractivity contribution < 1.29 is 4.79 Å². The van der Waals surface area contributed by atoms with Gasteiger partial charge in [0.2, 0.25) is 0 Å². The van der Waals surface area contributed by atoms with E-state index in [1.54, 1.807) is 17.8 Å². The molecule has 0 aliphatic carbocycles. The summed E-state index contributed by atoms with van der Waals surface area (Å²) in [6, 6.07) is 5.48. The predicted octanol–water partition coefficient (Wildman–Crippen LogP) is 2.23. The Bertz CT molecular complexity index is 404. The van der Waals surface area contributed by atoms with Crippen LogP contribution in [0, 0.1) is 6.92 Å². The molecule has 0 spiro atoms. The van der Waals surface area contributed by atoms with Gasteiger partial charge in [0.05, 0.1) is 5.56 Å². The van der Waals surface area contributed by atoms with Crippen molar-refractivity contribution in [3.05, 3.63) is 42.0 Å². The van der Waals surface area contributed by atoms with E-state index >= 15 is 0 Å². The van der Waals surface area contributed by atoms with Crippen LogP contribution in [0.5, 0.6) is 0 Å². The summed E-state index contributed by atoms with van der Waals surface area (Å²) in [6.45, 7) is 6.18. The number of carbonyl (C=O) groups excluding carboxylic acids is 1. The molecule has 1 rings (SSSR count). The van der Waals surface area contributed by atoms with Crippen molar-refractivity contribution in [1.29, 1.82) is 0 Å². The summed E-state index contributed by atoms with van der Waals surface area (Å²) in [4.78, 5) is 11.8. The lowest BCUT2D eigenvalue weighted by Gasteiger charge is -2.08. The van der Waals surface area contributed by atoms with Gasteiger partial charge in [0.25, 0.3) is 5.91 Å². The van der Waals surface area contributed by atoms with E-state index in [0.717, 1.165) is 17.1 Å². The molecule has 1 aromatic carbocycles. The number of thioether (sulfide) groups is 1. The molecule has 3 N–H and O–H groups in total. The Morgan fingerprint density at radius 2 is 2.35 bits per heavy atom. The molecule has 3 nitrogen and oxygen atoms in total. The Morgan fingerprint density at radius 1 is 1.59 bits per heavy atom. The van der Waals surface area contributed by atoms with Crippen LogP contribution in [0.3, 0.4) is 0 Å². The van der Waals surface area contributed by atoms with Gasteiger partial charge in [-0.3, -0.25) is 4.79 Å². The smallest absolute Gasteiger partial charge is 0.253 e. The maximum absolute atomic E-state index is 11.8. The number of rotatable bonds is 6. The van der Waals surface area contributed by atoms with E-state index in [1.165, 1.54) is 0 Å². The van der Waals surface area contributed by atoms with Crippen LogP contribution in [0.25, 0.3) is 0 Å². The van der Waals surface area contributed by atoms with Crippen molar-refractivity contribution in [2.24, 2.45) is 0 Å². The van der Waals surface area contributed by atoms with Crippen molar-refractivity contribution in [2.75, 3.05) is 23.8 Å². The molecule has 0 aromatic heterocycles. The molecule has 0 saturated carbocycles. The Kier molecular flexibility index (Phi) is 5.63. The third-order valence-electron chi connectivity index (χ3n) is 2.34. The maximum Gasteiger partial charge on any atom is 0.253 e. The number of benzene rings is 1. The molecule has 0 unspecified atom stereocenters. The highest BCUT2D eigenvalue weighted by atomic mass is 32.2. The molecule has 1 aromatic rings. The summed E-state index contributed by atoms with van der Waals surface area (Å²) in [5, 5.41) is 2.85. The van der Waals surface area contributed by atoms with Crippen LogP contribution in [-0.4, -0.2) is 24.0 Å². The van der Waals surface area contributed by atoms with Gasteiger partial charge in [0.15, 0.2) is 0 Å². The summed E-state index contributed by atoms with van der Waals surface area (Å²) in [5.41, 5.74) is 7.90. The normalized spacial score (nSPS) is 9.94. The van der Waals surface area contributed by atoms with Gasteiger partial charge in [-0.2, -0.15) is 11.8 Å². The van der Waals surface area contributed by atoms with Crippen molar-refractivity contribution in [3.8, 4) is 0 Å². The minimum absolute atomic E-state index is 0.106. The first-order chi connectivity index (χ1) is 8.16. The molecule has 4 heteroatoms. The highest BCUT2D eigenvalue weighted by Crippen LogP contribution is 2.15. The molecule has 0 atom stereocenters. The number of nitrogens with two attached hydrogens (primary N) is 1. The van der Waals surface area contributed by atoms with E-state index in [9.17, 15) is 4.79 Å².